The Morgan fingerprint density at radius 3 is 1.95 bits per heavy atom. The van der Waals surface area contributed by atoms with E-state index < -0.39 is 12.0 Å². The van der Waals surface area contributed by atoms with Crippen molar-refractivity contribution in [3.8, 4) is 0 Å². The zero-order chi connectivity index (χ0) is 43.5. The fraction of sp³-hybridized carbons (Fsp3) is 0.750. The normalized spacial score (nSPS) is 32.7. The van der Waals surface area contributed by atoms with Crippen LogP contribution in [0, 0.1) is 52.3 Å². The number of carboxylic acids is 1. The van der Waals surface area contributed by atoms with E-state index in [0.717, 1.165) is 103 Å². The average Bonchev–Trinajstić information content (AvgIpc) is 3.58. The second-order valence-corrected chi connectivity index (χ2v) is 19.5. The van der Waals surface area contributed by atoms with Gasteiger partial charge in [0.05, 0.1) is 12.2 Å². The molecule has 0 saturated heterocycles. The molecular formula is C52H84N2O6. The van der Waals surface area contributed by atoms with Gasteiger partial charge in [-0.1, -0.05) is 102 Å². The molecule has 4 aliphatic carbocycles. The Labute approximate surface area is 364 Å². The molecule has 4 fully saturated rings. The van der Waals surface area contributed by atoms with Gasteiger partial charge in [-0.3, -0.25) is 9.59 Å². The van der Waals surface area contributed by atoms with Crippen molar-refractivity contribution in [2.75, 3.05) is 6.54 Å². The van der Waals surface area contributed by atoms with Crippen LogP contribution in [0.3, 0.4) is 0 Å². The van der Waals surface area contributed by atoms with Crippen LogP contribution >= 0.6 is 0 Å². The van der Waals surface area contributed by atoms with Crippen LogP contribution in [0.5, 0.6) is 0 Å². The topological polar surface area (TPSA) is 136 Å². The standard InChI is InChI=1S/C52H84N2O6/c1-6-8-9-10-11-12-13-14-15-16-17-18-19-20-21-22-23-27-46(56)53-36-25-24-26-45(50(59)60)54-47(57)31-28-38(3)41-29-30-42-48-43(33-35-51(41,42)4)52(5)34-32-39(55)37-44(52)40(7-2)49(48)58/h8-9,11-12,14-15,17-18,20-21,38-45,48-49,55,58H,6-7,10,13,16,19,22-37H2,1-5H3,(H,53,56)(H,54,57)(H,59,60)/t38-,39-,40-,41?,42+,43+,44+,45?,48+,49-,51-,52-/m1/s1. The van der Waals surface area contributed by atoms with Crippen molar-refractivity contribution in [1.29, 1.82) is 0 Å². The van der Waals surface area contributed by atoms with E-state index in [2.05, 4.69) is 106 Å². The Balaban J connectivity index is 1.08. The third-order valence-corrected chi connectivity index (χ3v) is 15.8. The maximum Gasteiger partial charge on any atom is 0.326 e. The van der Waals surface area contributed by atoms with Gasteiger partial charge < -0.3 is 26.0 Å². The minimum absolute atomic E-state index is 0.0167. The summed E-state index contributed by atoms with van der Waals surface area (Å²) in [5, 5.41) is 38.3. The molecule has 5 N–H and O–H groups in total. The minimum Gasteiger partial charge on any atom is -0.480 e. The van der Waals surface area contributed by atoms with Gasteiger partial charge in [-0.15, -0.1) is 0 Å². The first kappa shape index (κ1) is 49.7. The maximum atomic E-state index is 13.1. The SMILES string of the molecule is CCC=CCC=CCC=CCC=CCC=CCCCC(=O)NCCCCC(NC(=O)CC[C@@H](C)C1CC[C@H]2[C@@H]3[C@H](O)[C@H](CC)[C@@H]4C[C@H](O)CC[C@]4(C)[C@H]3CC[C@]12C)C(=O)O. The highest BCUT2D eigenvalue weighted by Crippen LogP contribution is 2.69. The molecule has 4 saturated carbocycles. The van der Waals surface area contributed by atoms with E-state index in [0.29, 0.717) is 74.2 Å². The van der Waals surface area contributed by atoms with E-state index in [1.54, 1.807) is 0 Å². The van der Waals surface area contributed by atoms with Gasteiger partial charge in [0.25, 0.3) is 0 Å². The molecule has 4 aliphatic rings. The fourth-order valence-electron chi connectivity index (χ4n) is 12.6. The third-order valence-electron chi connectivity index (χ3n) is 15.8. The van der Waals surface area contributed by atoms with Crippen LogP contribution in [0.15, 0.2) is 60.8 Å². The van der Waals surface area contributed by atoms with Crippen molar-refractivity contribution in [1.82, 2.24) is 10.6 Å². The molecule has 0 bridgehead atoms. The van der Waals surface area contributed by atoms with Crippen molar-refractivity contribution in [3.05, 3.63) is 60.8 Å². The molecule has 8 heteroatoms. The van der Waals surface area contributed by atoms with E-state index in [1.165, 1.54) is 0 Å². The molecule has 0 aromatic carbocycles. The van der Waals surface area contributed by atoms with Crippen molar-refractivity contribution in [3.63, 3.8) is 0 Å². The summed E-state index contributed by atoms with van der Waals surface area (Å²) >= 11 is 0. The molecule has 12 atom stereocenters. The van der Waals surface area contributed by atoms with Crippen molar-refractivity contribution in [2.45, 2.75) is 188 Å². The number of allylic oxidation sites excluding steroid dienone is 10. The van der Waals surface area contributed by atoms with Gasteiger partial charge in [0.2, 0.25) is 11.8 Å². The summed E-state index contributed by atoms with van der Waals surface area (Å²) in [6.45, 7) is 12.1. The molecule has 0 radical (unpaired) electrons. The number of nitrogens with one attached hydrogen (secondary N) is 2. The lowest BCUT2D eigenvalue weighted by atomic mass is 9.41. The summed E-state index contributed by atoms with van der Waals surface area (Å²) in [5.41, 5.74) is 0.308. The highest BCUT2D eigenvalue weighted by atomic mass is 16.4. The Morgan fingerprint density at radius 2 is 1.32 bits per heavy atom. The first-order chi connectivity index (χ1) is 28.9. The number of carboxylic acid groups (broad SMARTS) is 1. The summed E-state index contributed by atoms with van der Waals surface area (Å²) in [4.78, 5) is 37.5. The summed E-state index contributed by atoms with van der Waals surface area (Å²) in [6.07, 6.45) is 39.1. The van der Waals surface area contributed by atoms with Crippen LogP contribution in [0.25, 0.3) is 0 Å². The number of hydrogen-bond acceptors (Lipinski definition) is 5. The molecule has 8 nitrogen and oxygen atoms in total. The molecule has 4 rings (SSSR count). The molecule has 0 heterocycles. The molecule has 0 aromatic rings. The number of carbonyl (C=O) groups is 3. The molecule has 0 aliphatic heterocycles. The molecule has 338 valence electrons. The highest BCUT2D eigenvalue weighted by molar-refractivity contribution is 5.83. The largest absolute Gasteiger partial charge is 0.480 e. The molecule has 60 heavy (non-hydrogen) atoms. The van der Waals surface area contributed by atoms with E-state index in [4.69, 9.17) is 0 Å². The number of fused-ring (bicyclic) bond motifs is 5. The van der Waals surface area contributed by atoms with Gasteiger partial charge in [-0.2, -0.15) is 0 Å². The fourth-order valence-corrected chi connectivity index (χ4v) is 12.6. The number of unbranched alkanes of at least 4 members (excludes halogenated alkanes) is 2. The summed E-state index contributed by atoms with van der Waals surface area (Å²) < 4.78 is 0. The number of rotatable bonds is 25. The number of amides is 2. The van der Waals surface area contributed by atoms with Crippen molar-refractivity contribution >= 4 is 17.8 Å². The lowest BCUT2D eigenvalue weighted by molar-refractivity contribution is -0.203. The average molecular weight is 833 g/mol. The lowest BCUT2D eigenvalue weighted by Crippen LogP contribution is -2.62. The van der Waals surface area contributed by atoms with Crippen LogP contribution in [0.1, 0.15) is 169 Å². The van der Waals surface area contributed by atoms with E-state index in [9.17, 15) is 29.7 Å². The van der Waals surface area contributed by atoms with Gasteiger partial charge in [-0.25, -0.2) is 4.79 Å². The Morgan fingerprint density at radius 1 is 0.700 bits per heavy atom. The number of aliphatic hydroxyl groups excluding tert-OH is 2. The number of aliphatic carboxylic acids is 1. The monoisotopic (exact) mass is 833 g/mol. The van der Waals surface area contributed by atoms with E-state index >= 15 is 0 Å². The smallest absolute Gasteiger partial charge is 0.326 e. The quantitative estimate of drug-likeness (QED) is 0.0459. The molecule has 2 amide bonds. The van der Waals surface area contributed by atoms with Crippen LogP contribution < -0.4 is 10.6 Å². The van der Waals surface area contributed by atoms with E-state index in [-0.39, 0.29) is 40.8 Å². The first-order valence-corrected chi connectivity index (χ1v) is 24.3. The first-order valence-electron chi connectivity index (χ1n) is 24.3. The predicted octanol–water partition coefficient (Wildman–Crippen LogP) is 10.8. The molecular weight excluding hydrogens is 749 g/mol. The van der Waals surface area contributed by atoms with Gasteiger partial charge in [0, 0.05) is 19.4 Å². The van der Waals surface area contributed by atoms with Crippen LogP contribution in [0.4, 0.5) is 0 Å². The van der Waals surface area contributed by atoms with E-state index in [1.807, 2.05) is 0 Å². The third kappa shape index (κ3) is 13.8. The Bertz CT molecular complexity index is 1480. The van der Waals surface area contributed by atoms with Crippen LogP contribution in [0.2, 0.25) is 0 Å². The lowest BCUT2D eigenvalue weighted by Gasteiger charge is -2.64. The second kappa shape index (κ2) is 25.2. The molecule has 0 spiro atoms. The van der Waals surface area contributed by atoms with Gasteiger partial charge in [0.15, 0.2) is 0 Å². The molecule has 0 aromatic heterocycles. The highest BCUT2D eigenvalue weighted by Gasteiger charge is 2.64. The molecule has 2 unspecified atom stereocenters. The van der Waals surface area contributed by atoms with Gasteiger partial charge in [0.1, 0.15) is 6.04 Å². The second-order valence-electron chi connectivity index (χ2n) is 19.5. The summed E-state index contributed by atoms with van der Waals surface area (Å²) in [6, 6.07) is -0.930. The van der Waals surface area contributed by atoms with Crippen LogP contribution in [-0.2, 0) is 14.4 Å². The number of aliphatic hydroxyl groups is 2. The minimum atomic E-state index is -1.02. The zero-order valence-corrected chi connectivity index (χ0v) is 38.2. The van der Waals surface area contributed by atoms with Crippen LogP contribution in [-0.4, -0.2) is 57.9 Å². The Kier molecular flexibility index (Phi) is 20.9. The van der Waals surface area contributed by atoms with Crippen molar-refractivity contribution in [2.24, 2.45) is 52.3 Å². The zero-order valence-electron chi connectivity index (χ0n) is 38.2. The maximum absolute atomic E-state index is 13.1. The summed E-state index contributed by atoms with van der Waals surface area (Å²) in [7, 11) is 0. The number of hydrogen-bond donors (Lipinski definition) is 5. The van der Waals surface area contributed by atoms with Gasteiger partial charge >= 0.3 is 5.97 Å². The van der Waals surface area contributed by atoms with Gasteiger partial charge in [-0.05, 0) is 168 Å². The Hall–Kier alpha value is -2.97. The predicted molar refractivity (Wildman–Crippen MR) is 245 cm³/mol. The number of carbonyl (C=O) groups excluding carboxylic acids is 2. The van der Waals surface area contributed by atoms with Crippen molar-refractivity contribution < 1.29 is 29.7 Å². The summed E-state index contributed by atoms with van der Waals surface area (Å²) in [5.74, 6) is 1.51.